The van der Waals surface area contributed by atoms with Gasteiger partial charge in [0.25, 0.3) is 5.91 Å². The summed E-state index contributed by atoms with van der Waals surface area (Å²) in [4.78, 5) is 14.0. The number of amides is 1. The van der Waals surface area contributed by atoms with Gasteiger partial charge in [-0.1, -0.05) is 6.07 Å². The van der Waals surface area contributed by atoms with Gasteiger partial charge in [-0.25, -0.2) is 0 Å². The summed E-state index contributed by atoms with van der Waals surface area (Å²) < 4.78 is 10.7. The van der Waals surface area contributed by atoms with Gasteiger partial charge in [0.2, 0.25) is 0 Å². The third-order valence-electron chi connectivity index (χ3n) is 3.86. The molecule has 22 heavy (non-hydrogen) atoms. The third kappa shape index (κ3) is 5.39. The minimum absolute atomic E-state index is 0. The van der Waals surface area contributed by atoms with Crippen molar-refractivity contribution in [2.45, 2.75) is 12.8 Å². The molecule has 1 fully saturated rings. The summed E-state index contributed by atoms with van der Waals surface area (Å²) in [6.45, 7) is 2.77. The lowest BCUT2D eigenvalue weighted by atomic mass is 9.97. The van der Waals surface area contributed by atoms with Crippen molar-refractivity contribution in [2.75, 3.05) is 40.4 Å². The first kappa shape index (κ1) is 18.6. The number of rotatable bonds is 6. The number of carbonyl (C=O) groups excluding carboxylic acids is 1. The van der Waals surface area contributed by atoms with Crippen LogP contribution in [0.5, 0.6) is 11.5 Å². The summed E-state index contributed by atoms with van der Waals surface area (Å²) in [5, 5.41) is 3.20. The van der Waals surface area contributed by atoms with Crippen molar-refractivity contribution in [1.82, 2.24) is 10.2 Å². The Hall–Kier alpha value is -1.46. The zero-order valence-corrected chi connectivity index (χ0v) is 14.0. The Kier molecular flexibility index (Phi) is 8.06. The third-order valence-corrected chi connectivity index (χ3v) is 3.86. The second-order valence-electron chi connectivity index (χ2n) is 5.35. The number of nitrogens with zero attached hydrogens (tertiary/aromatic N) is 1. The van der Waals surface area contributed by atoms with Crippen molar-refractivity contribution in [2.24, 2.45) is 5.92 Å². The van der Waals surface area contributed by atoms with Gasteiger partial charge in [-0.05, 0) is 44.5 Å². The van der Waals surface area contributed by atoms with E-state index in [0.717, 1.165) is 38.2 Å². The van der Waals surface area contributed by atoms with Gasteiger partial charge in [-0.3, -0.25) is 4.79 Å². The largest absolute Gasteiger partial charge is 0.497 e. The highest BCUT2D eigenvalue weighted by molar-refractivity contribution is 5.85. The molecule has 1 saturated heterocycles. The Morgan fingerprint density at radius 2 is 2.00 bits per heavy atom. The lowest BCUT2D eigenvalue weighted by Crippen LogP contribution is -2.42. The first-order valence-electron chi connectivity index (χ1n) is 7.42. The Balaban J connectivity index is 0.00000242. The molecule has 0 bridgehead atoms. The number of nitrogens with one attached hydrogen (secondary N) is 1. The summed E-state index contributed by atoms with van der Waals surface area (Å²) in [6, 6.07) is 7.31. The lowest BCUT2D eigenvalue weighted by Gasteiger charge is -2.31. The van der Waals surface area contributed by atoms with Gasteiger partial charge in [0.1, 0.15) is 11.5 Å². The van der Waals surface area contributed by atoms with Crippen molar-refractivity contribution >= 4 is 18.3 Å². The first-order chi connectivity index (χ1) is 10.2. The maximum Gasteiger partial charge on any atom is 0.260 e. The molecule has 1 aromatic rings. The molecule has 1 aliphatic rings. The SMILES string of the molecule is CNCC1CCN(C(=O)COc2cccc(OC)c2)CC1.Cl. The quantitative estimate of drug-likeness (QED) is 0.867. The van der Waals surface area contributed by atoms with Crippen molar-refractivity contribution < 1.29 is 14.3 Å². The molecule has 6 heteroatoms. The molecule has 1 heterocycles. The van der Waals surface area contributed by atoms with Gasteiger partial charge in [0.05, 0.1) is 7.11 Å². The molecule has 0 aliphatic carbocycles. The fourth-order valence-corrected chi connectivity index (χ4v) is 2.60. The standard InChI is InChI=1S/C16H24N2O3.ClH/c1-17-11-13-6-8-18(9-7-13)16(19)12-21-15-5-3-4-14(10-15)20-2;/h3-5,10,13,17H,6-9,11-12H2,1-2H3;1H. The van der Waals surface area contributed by atoms with Crippen LogP contribution in [0, 0.1) is 5.92 Å². The van der Waals surface area contributed by atoms with Crippen molar-refractivity contribution in [3.05, 3.63) is 24.3 Å². The molecule has 1 amide bonds. The molecule has 1 N–H and O–H groups in total. The van der Waals surface area contributed by atoms with Crippen LogP contribution in [0.2, 0.25) is 0 Å². The van der Waals surface area contributed by atoms with E-state index in [0.29, 0.717) is 11.7 Å². The average molecular weight is 329 g/mol. The van der Waals surface area contributed by atoms with E-state index in [4.69, 9.17) is 9.47 Å². The number of hydrogen-bond acceptors (Lipinski definition) is 4. The Labute approximate surface area is 138 Å². The second-order valence-corrected chi connectivity index (χ2v) is 5.35. The van der Waals surface area contributed by atoms with E-state index < -0.39 is 0 Å². The molecule has 0 unspecified atom stereocenters. The zero-order chi connectivity index (χ0) is 15.1. The molecule has 0 saturated carbocycles. The normalized spacial score (nSPS) is 15.1. The fraction of sp³-hybridized carbons (Fsp3) is 0.562. The number of hydrogen-bond donors (Lipinski definition) is 1. The first-order valence-corrected chi connectivity index (χ1v) is 7.42. The fourth-order valence-electron chi connectivity index (χ4n) is 2.60. The highest BCUT2D eigenvalue weighted by atomic mass is 35.5. The van der Waals surface area contributed by atoms with E-state index in [1.807, 2.05) is 30.1 Å². The highest BCUT2D eigenvalue weighted by Crippen LogP contribution is 2.20. The van der Waals surface area contributed by atoms with Crippen molar-refractivity contribution in [1.29, 1.82) is 0 Å². The van der Waals surface area contributed by atoms with Crippen LogP contribution in [-0.4, -0.2) is 51.2 Å². The zero-order valence-electron chi connectivity index (χ0n) is 13.2. The van der Waals surface area contributed by atoms with Crippen LogP contribution in [-0.2, 0) is 4.79 Å². The van der Waals surface area contributed by atoms with Crippen LogP contribution >= 0.6 is 12.4 Å². The minimum atomic E-state index is 0. The maximum atomic E-state index is 12.1. The van der Waals surface area contributed by atoms with Gasteiger partial charge in [0.15, 0.2) is 6.61 Å². The highest BCUT2D eigenvalue weighted by Gasteiger charge is 2.22. The van der Waals surface area contributed by atoms with Gasteiger partial charge >= 0.3 is 0 Å². The number of benzene rings is 1. The molecule has 1 aliphatic heterocycles. The number of halogens is 1. The summed E-state index contributed by atoms with van der Waals surface area (Å²) in [6.07, 6.45) is 2.12. The van der Waals surface area contributed by atoms with Crippen LogP contribution in [0.1, 0.15) is 12.8 Å². The minimum Gasteiger partial charge on any atom is -0.497 e. The molecule has 124 valence electrons. The van der Waals surface area contributed by atoms with Crippen molar-refractivity contribution in [3.8, 4) is 11.5 Å². The molecule has 0 atom stereocenters. The molecular weight excluding hydrogens is 304 g/mol. The van der Waals surface area contributed by atoms with E-state index in [1.54, 1.807) is 13.2 Å². The molecule has 0 spiro atoms. The summed E-state index contributed by atoms with van der Waals surface area (Å²) in [5.74, 6) is 2.12. The molecule has 5 nitrogen and oxygen atoms in total. The number of likely N-dealkylation sites (tertiary alicyclic amines) is 1. The predicted molar refractivity (Wildman–Crippen MR) is 89.0 cm³/mol. The number of ether oxygens (including phenoxy) is 2. The van der Waals surface area contributed by atoms with E-state index in [1.165, 1.54) is 0 Å². The summed E-state index contributed by atoms with van der Waals surface area (Å²) in [7, 11) is 3.58. The van der Waals surface area contributed by atoms with Crippen molar-refractivity contribution in [3.63, 3.8) is 0 Å². The van der Waals surface area contributed by atoms with E-state index in [-0.39, 0.29) is 24.9 Å². The lowest BCUT2D eigenvalue weighted by molar-refractivity contribution is -0.134. The number of methoxy groups -OCH3 is 1. The van der Waals surface area contributed by atoms with E-state index in [2.05, 4.69) is 5.32 Å². The Morgan fingerprint density at radius 3 is 2.64 bits per heavy atom. The van der Waals surface area contributed by atoms with Crippen LogP contribution in [0.3, 0.4) is 0 Å². The molecule has 0 aromatic heterocycles. The van der Waals surface area contributed by atoms with Crippen LogP contribution in [0.25, 0.3) is 0 Å². The predicted octanol–water partition coefficient (Wildman–Crippen LogP) is 1.95. The maximum absolute atomic E-state index is 12.1. The van der Waals surface area contributed by atoms with E-state index >= 15 is 0 Å². The Bertz CT molecular complexity index is 462. The smallest absolute Gasteiger partial charge is 0.260 e. The van der Waals surface area contributed by atoms with Gasteiger partial charge < -0.3 is 19.7 Å². The summed E-state index contributed by atoms with van der Waals surface area (Å²) in [5.41, 5.74) is 0. The monoisotopic (exact) mass is 328 g/mol. The number of carbonyl (C=O) groups is 1. The van der Waals surface area contributed by atoms with Gasteiger partial charge in [-0.15, -0.1) is 12.4 Å². The van der Waals surface area contributed by atoms with Gasteiger partial charge in [-0.2, -0.15) is 0 Å². The van der Waals surface area contributed by atoms with Crippen LogP contribution < -0.4 is 14.8 Å². The van der Waals surface area contributed by atoms with Crippen LogP contribution in [0.15, 0.2) is 24.3 Å². The van der Waals surface area contributed by atoms with Crippen LogP contribution in [0.4, 0.5) is 0 Å². The molecule has 2 rings (SSSR count). The topological polar surface area (TPSA) is 50.8 Å². The Morgan fingerprint density at radius 1 is 1.32 bits per heavy atom. The van der Waals surface area contributed by atoms with E-state index in [9.17, 15) is 4.79 Å². The second kappa shape index (κ2) is 9.54. The summed E-state index contributed by atoms with van der Waals surface area (Å²) >= 11 is 0. The molecule has 0 radical (unpaired) electrons. The molecular formula is C16H25ClN2O3. The molecule has 1 aromatic carbocycles. The average Bonchev–Trinajstić information content (AvgIpc) is 2.54. The van der Waals surface area contributed by atoms with Gasteiger partial charge in [0, 0.05) is 19.2 Å². The number of piperidine rings is 1.